The van der Waals surface area contributed by atoms with Crippen LogP contribution in [0.2, 0.25) is 0 Å². The number of rotatable bonds is 2. The van der Waals surface area contributed by atoms with Gasteiger partial charge in [-0.1, -0.05) is 5.21 Å². The van der Waals surface area contributed by atoms with E-state index in [0.717, 1.165) is 17.1 Å². The van der Waals surface area contributed by atoms with Crippen LogP contribution in [0.15, 0.2) is 22.9 Å². The minimum absolute atomic E-state index is 0.659. The van der Waals surface area contributed by atoms with Crippen molar-refractivity contribution in [2.75, 3.05) is 5.43 Å². The number of pyridine rings is 1. The van der Waals surface area contributed by atoms with Crippen molar-refractivity contribution in [2.24, 2.45) is 12.9 Å². The second-order valence-corrected chi connectivity index (χ2v) is 3.68. The largest absolute Gasteiger partial charge is 0.324 e. The van der Waals surface area contributed by atoms with E-state index < -0.39 is 0 Å². The summed E-state index contributed by atoms with van der Waals surface area (Å²) in [5.74, 6) is 5.32. The number of anilines is 1. The smallest absolute Gasteiger partial charge is 0.157 e. The number of hydrogen-bond donors (Lipinski definition) is 2. The van der Waals surface area contributed by atoms with Gasteiger partial charge in [-0.2, -0.15) is 0 Å². The predicted molar refractivity (Wildman–Crippen MR) is 59.7 cm³/mol. The summed E-state index contributed by atoms with van der Waals surface area (Å²) in [5, 5.41) is 7.76. The summed E-state index contributed by atoms with van der Waals surface area (Å²) in [7, 11) is 1.80. The summed E-state index contributed by atoms with van der Waals surface area (Å²) < 4.78 is 2.30. The van der Waals surface area contributed by atoms with Crippen LogP contribution < -0.4 is 11.3 Å². The third kappa shape index (κ3) is 1.83. The molecule has 0 aromatic carbocycles. The fourth-order valence-electron chi connectivity index (χ4n) is 1.25. The standard InChI is InChI=1S/C8H9BrN6/c1-15-7(8(9)13-14-15)6-4-5(12-10)2-3-11-6/h2-4H,10H2,1H3,(H,11,12). The molecule has 0 radical (unpaired) electrons. The lowest BCUT2D eigenvalue weighted by molar-refractivity contribution is 0.718. The van der Waals surface area contributed by atoms with Crippen molar-refractivity contribution in [3.8, 4) is 11.4 Å². The van der Waals surface area contributed by atoms with Gasteiger partial charge in [0.2, 0.25) is 0 Å². The van der Waals surface area contributed by atoms with Crippen LogP contribution in [0.1, 0.15) is 0 Å². The quantitative estimate of drug-likeness (QED) is 0.626. The number of nitrogens with zero attached hydrogens (tertiary/aromatic N) is 4. The molecule has 0 unspecified atom stereocenters. The maximum absolute atomic E-state index is 5.32. The maximum Gasteiger partial charge on any atom is 0.157 e. The summed E-state index contributed by atoms with van der Waals surface area (Å²) >= 11 is 3.31. The van der Waals surface area contributed by atoms with E-state index in [1.165, 1.54) is 0 Å². The number of halogens is 1. The Bertz CT molecular complexity index is 460. The molecule has 0 atom stereocenters. The molecule has 0 spiro atoms. The molecule has 2 heterocycles. The van der Waals surface area contributed by atoms with Gasteiger partial charge >= 0.3 is 0 Å². The first kappa shape index (κ1) is 10.1. The van der Waals surface area contributed by atoms with Crippen LogP contribution in [0.4, 0.5) is 5.69 Å². The molecule has 0 aliphatic rings. The third-order valence-electron chi connectivity index (χ3n) is 1.95. The summed E-state index contributed by atoms with van der Waals surface area (Å²) in [6.45, 7) is 0. The lowest BCUT2D eigenvalue weighted by Crippen LogP contribution is -2.07. The van der Waals surface area contributed by atoms with Gasteiger partial charge < -0.3 is 5.43 Å². The Labute approximate surface area is 94.6 Å². The molecule has 0 bridgehead atoms. The molecule has 6 nitrogen and oxygen atoms in total. The zero-order valence-electron chi connectivity index (χ0n) is 7.98. The lowest BCUT2D eigenvalue weighted by atomic mass is 10.2. The number of aromatic nitrogens is 4. The van der Waals surface area contributed by atoms with Crippen LogP contribution in [0.25, 0.3) is 11.4 Å². The highest BCUT2D eigenvalue weighted by molar-refractivity contribution is 9.10. The Morgan fingerprint density at radius 2 is 2.33 bits per heavy atom. The number of aryl methyl sites for hydroxylation is 1. The number of nitrogens with two attached hydrogens (primary N) is 1. The van der Waals surface area contributed by atoms with Gasteiger partial charge in [-0.15, -0.1) is 5.10 Å². The number of hydrazine groups is 1. The Balaban J connectivity index is 2.53. The van der Waals surface area contributed by atoms with E-state index in [1.807, 2.05) is 6.07 Å². The molecule has 15 heavy (non-hydrogen) atoms. The van der Waals surface area contributed by atoms with Crippen molar-refractivity contribution in [1.29, 1.82) is 0 Å². The highest BCUT2D eigenvalue weighted by atomic mass is 79.9. The number of nitrogens with one attached hydrogen (secondary N) is 1. The van der Waals surface area contributed by atoms with Gasteiger partial charge in [-0.3, -0.25) is 10.8 Å². The second kappa shape index (κ2) is 3.95. The van der Waals surface area contributed by atoms with Gasteiger partial charge in [0.25, 0.3) is 0 Å². The van der Waals surface area contributed by atoms with Gasteiger partial charge in [0.1, 0.15) is 5.69 Å². The zero-order chi connectivity index (χ0) is 10.8. The molecule has 78 valence electrons. The average molecular weight is 269 g/mol. The van der Waals surface area contributed by atoms with Crippen molar-refractivity contribution >= 4 is 21.6 Å². The Morgan fingerprint density at radius 1 is 1.53 bits per heavy atom. The Kier molecular flexibility index (Phi) is 2.65. The van der Waals surface area contributed by atoms with Crippen LogP contribution in [-0.4, -0.2) is 20.0 Å². The topological polar surface area (TPSA) is 81.7 Å². The lowest BCUT2D eigenvalue weighted by Gasteiger charge is -2.03. The maximum atomic E-state index is 5.32. The minimum atomic E-state index is 0.659. The Hall–Kier alpha value is -1.47. The highest BCUT2D eigenvalue weighted by Crippen LogP contribution is 2.25. The second-order valence-electron chi connectivity index (χ2n) is 2.93. The van der Waals surface area contributed by atoms with Gasteiger partial charge in [-0.05, 0) is 28.1 Å². The van der Waals surface area contributed by atoms with Crippen LogP contribution in [0.5, 0.6) is 0 Å². The molecule has 0 aliphatic heterocycles. The van der Waals surface area contributed by atoms with E-state index in [0.29, 0.717) is 4.60 Å². The van der Waals surface area contributed by atoms with E-state index >= 15 is 0 Å². The van der Waals surface area contributed by atoms with Crippen LogP contribution in [0, 0.1) is 0 Å². The van der Waals surface area contributed by atoms with E-state index in [1.54, 1.807) is 24.0 Å². The molecular weight excluding hydrogens is 260 g/mol. The Morgan fingerprint density at radius 3 is 2.93 bits per heavy atom. The monoisotopic (exact) mass is 268 g/mol. The van der Waals surface area contributed by atoms with Crippen LogP contribution >= 0.6 is 15.9 Å². The van der Waals surface area contributed by atoms with Gasteiger partial charge in [0.05, 0.1) is 11.4 Å². The first-order valence-corrected chi connectivity index (χ1v) is 5.00. The zero-order valence-corrected chi connectivity index (χ0v) is 9.56. The molecule has 2 rings (SSSR count). The fourth-order valence-corrected chi connectivity index (χ4v) is 1.78. The minimum Gasteiger partial charge on any atom is -0.324 e. The van der Waals surface area contributed by atoms with Crippen LogP contribution in [0.3, 0.4) is 0 Å². The predicted octanol–water partition coefficient (Wildman–Crippen LogP) is 0.925. The average Bonchev–Trinajstić information content (AvgIpc) is 2.59. The normalized spacial score (nSPS) is 10.3. The van der Waals surface area contributed by atoms with Gasteiger partial charge in [0, 0.05) is 13.2 Å². The van der Waals surface area contributed by atoms with Crippen molar-refractivity contribution in [3.05, 3.63) is 22.9 Å². The SMILES string of the molecule is Cn1nnc(Br)c1-c1cc(NN)ccn1. The van der Waals surface area contributed by atoms with Gasteiger partial charge in [0.15, 0.2) is 4.60 Å². The van der Waals surface area contributed by atoms with E-state index in [-0.39, 0.29) is 0 Å². The molecular formula is C8H9BrN6. The molecule has 0 fully saturated rings. The van der Waals surface area contributed by atoms with Crippen molar-refractivity contribution < 1.29 is 0 Å². The van der Waals surface area contributed by atoms with Crippen molar-refractivity contribution in [3.63, 3.8) is 0 Å². The molecule has 0 aliphatic carbocycles. The molecule has 3 N–H and O–H groups in total. The van der Waals surface area contributed by atoms with Crippen LogP contribution in [-0.2, 0) is 7.05 Å². The molecule has 2 aromatic rings. The molecule has 0 saturated carbocycles. The first-order chi connectivity index (χ1) is 7.22. The third-order valence-corrected chi connectivity index (χ3v) is 2.49. The molecule has 0 amide bonds. The highest BCUT2D eigenvalue weighted by Gasteiger charge is 2.11. The summed E-state index contributed by atoms with van der Waals surface area (Å²) in [6.07, 6.45) is 1.67. The number of nitrogen functional groups attached to an aromatic ring is 1. The summed E-state index contributed by atoms with van der Waals surface area (Å²) in [6, 6.07) is 3.60. The summed E-state index contributed by atoms with van der Waals surface area (Å²) in [4.78, 5) is 4.23. The molecule has 0 saturated heterocycles. The van der Waals surface area contributed by atoms with Crippen molar-refractivity contribution in [1.82, 2.24) is 20.0 Å². The van der Waals surface area contributed by atoms with Crippen molar-refractivity contribution in [2.45, 2.75) is 0 Å². The number of hydrogen-bond acceptors (Lipinski definition) is 5. The van der Waals surface area contributed by atoms with E-state index in [4.69, 9.17) is 5.84 Å². The van der Waals surface area contributed by atoms with E-state index in [9.17, 15) is 0 Å². The molecule has 7 heteroatoms. The molecule has 2 aromatic heterocycles. The fraction of sp³-hybridized carbons (Fsp3) is 0.125. The van der Waals surface area contributed by atoms with Gasteiger partial charge in [-0.25, -0.2) is 4.68 Å². The van der Waals surface area contributed by atoms with E-state index in [2.05, 4.69) is 36.7 Å². The summed E-state index contributed by atoms with van der Waals surface area (Å²) in [5.41, 5.74) is 4.91. The first-order valence-electron chi connectivity index (χ1n) is 4.20.